The Labute approximate surface area is 163 Å². The van der Waals surface area contributed by atoms with Crippen molar-refractivity contribution in [2.75, 3.05) is 6.61 Å². The highest BCUT2D eigenvalue weighted by molar-refractivity contribution is 6.72. The standard InChI is InChI=1S/C20H34FNO4Si/c1-19(2,3)26-18(23)22-14-15-10-8-11-16(21)17(15)25-13-9-12-20(4,5)27(6,7)24/h8,10-11,24H,9,12-14H2,1-7H3,(H,22,23). The molecular weight excluding hydrogens is 365 g/mol. The second-order valence-corrected chi connectivity index (χ2v) is 13.5. The molecule has 0 bridgehead atoms. The predicted octanol–water partition coefficient (Wildman–Crippen LogP) is 4.99. The van der Waals surface area contributed by atoms with Gasteiger partial charge >= 0.3 is 6.09 Å². The number of hydrogen-bond donors (Lipinski definition) is 2. The predicted molar refractivity (Wildman–Crippen MR) is 108 cm³/mol. The molecule has 1 rings (SSSR count). The van der Waals surface area contributed by atoms with Crippen molar-refractivity contribution in [3.63, 3.8) is 0 Å². The van der Waals surface area contributed by atoms with Crippen molar-refractivity contribution in [2.45, 2.75) is 77.7 Å². The van der Waals surface area contributed by atoms with Gasteiger partial charge < -0.3 is 19.6 Å². The highest BCUT2D eigenvalue weighted by Gasteiger charge is 2.37. The van der Waals surface area contributed by atoms with E-state index in [1.165, 1.54) is 6.07 Å². The first-order valence-corrected chi connectivity index (χ1v) is 12.3. The van der Waals surface area contributed by atoms with Crippen LogP contribution in [0.25, 0.3) is 0 Å². The van der Waals surface area contributed by atoms with E-state index in [1.54, 1.807) is 32.9 Å². The van der Waals surface area contributed by atoms with Crippen LogP contribution >= 0.6 is 0 Å². The minimum absolute atomic E-state index is 0.115. The summed E-state index contributed by atoms with van der Waals surface area (Å²) in [5, 5.41) is 2.48. The fourth-order valence-electron chi connectivity index (χ4n) is 2.33. The number of nitrogens with one attached hydrogen (secondary N) is 1. The van der Waals surface area contributed by atoms with E-state index < -0.39 is 25.8 Å². The van der Waals surface area contributed by atoms with Gasteiger partial charge in [0, 0.05) is 12.1 Å². The summed E-state index contributed by atoms with van der Waals surface area (Å²) >= 11 is 0. The van der Waals surface area contributed by atoms with Crippen LogP contribution < -0.4 is 10.1 Å². The molecule has 27 heavy (non-hydrogen) atoms. The molecule has 1 aromatic carbocycles. The van der Waals surface area contributed by atoms with E-state index in [2.05, 4.69) is 19.2 Å². The number of hydrogen-bond acceptors (Lipinski definition) is 4. The second kappa shape index (κ2) is 9.06. The first-order chi connectivity index (χ1) is 12.2. The number of halogens is 1. The number of carbonyl (C=O) groups is 1. The highest BCUT2D eigenvalue weighted by atomic mass is 28.4. The minimum atomic E-state index is -2.27. The second-order valence-electron chi connectivity index (χ2n) is 8.98. The molecule has 0 saturated carbocycles. The maximum atomic E-state index is 14.2. The molecule has 0 atom stereocenters. The van der Waals surface area contributed by atoms with Gasteiger partial charge in [-0.25, -0.2) is 9.18 Å². The molecule has 0 aromatic heterocycles. The molecule has 0 radical (unpaired) electrons. The van der Waals surface area contributed by atoms with Crippen LogP contribution in [0.2, 0.25) is 18.1 Å². The number of ether oxygens (including phenoxy) is 2. The molecule has 154 valence electrons. The van der Waals surface area contributed by atoms with Crippen LogP contribution in [-0.2, 0) is 11.3 Å². The molecule has 7 heteroatoms. The zero-order valence-corrected chi connectivity index (χ0v) is 18.6. The van der Waals surface area contributed by atoms with Gasteiger partial charge in [0.15, 0.2) is 19.9 Å². The SMILES string of the molecule is CC(C)(C)OC(=O)NCc1cccc(F)c1OCCCC(C)(C)[Si](C)(C)O. The molecule has 0 aliphatic heterocycles. The van der Waals surface area contributed by atoms with Crippen molar-refractivity contribution >= 4 is 14.4 Å². The van der Waals surface area contributed by atoms with Crippen LogP contribution in [0.5, 0.6) is 5.75 Å². The summed E-state index contributed by atoms with van der Waals surface area (Å²) in [7, 11) is -2.27. The fraction of sp³-hybridized carbons (Fsp3) is 0.650. The number of para-hydroxylation sites is 1. The fourth-order valence-corrected chi connectivity index (χ4v) is 3.12. The highest BCUT2D eigenvalue weighted by Crippen LogP contribution is 2.39. The molecule has 0 heterocycles. The molecule has 0 aliphatic rings. The number of rotatable bonds is 8. The Morgan fingerprint density at radius 2 is 1.85 bits per heavy atom. The third-order valence-corrected chi connectivity index (χ3v) is 8.28. The molecule has 1 aromatic rings. The quantitative estimate of drug-likeness (QED) is 0.477. The zero-order valence-electron chi connectivity index (χ0n) is 17.6. The summed E-state index contributed by atoms with van der Waals surface area (Å²) in [6.07, 6.45) is 0.939. The average Bonchev–Trinajstić information content (AvgIpc) is 2.48. The van der Waals surface area contributed by atoms with Crippen molar-refractivity contribution in [2.24, 2.45) is 0 Å². The van der Waals surface area contributed by atoms with Gasteiger partial charge in [-0.1, -0.05) is 26.0 Å². The van der Waals surface area contributed by atoms with E-state index in [0.717, 1.165) is 6.42 Å². The summed E-state index contributed by atoms with van der Waals surface area (Å²) in [6.45, 7) is 13.7. The van der Waals surface area contributed by atoms with Crippen molar-refractivity contribution in [3.05, 3.63) is 29.6 Å². The molecule has 0 unspecified atom stereocenters. The largest absolute Gasteiger partial charge is 0.490 e. The Morgan fingerprint density at radius 1 is 1.22 bits per heavy atom. The third kappa shape index (κ3) is 7.88. The van der Waals surface area contributed by atoms with Crippen molar-refractivity contribution in [3.8, 4) is 5.75 Å². The first-order valence-electron chi connectivity index (χ1n) is 9.32. The van der Waals surface area contributed by atoms with Gasteiger partial charge in [-0.15, -0.1) is 0 Å². The van der Waals surface area contributed by atoms with Crippen LogP contribution in [0.1, 0.15) is 53.0 Å². The molecule has 0 saturated heterocycles. The van der Waals surface area contributed by atoms with Gasteiger partial charge in [0.25, 0.3) is 0 Å². The van der Waals surface area contributed by atoms with Gasteiger partial charge in [-0.05, 0) is 57.8 Å². The van der Waals surface area contributed by atoms with E-state index >= 15 is 0 Å². The lowest BCUT2D eigenvalue weighted by Gasteiger charge is -2.35. The topological polar surface area (TPSA) is 67.8 Å². The molecule has 0 aliphatic carbocycles. The molecule has 0 spiro atoms. The number of alkyl carbamates (subject to hydrolysis) is 1. The van der Waals surface area contributed by atoms with Gasteiger partial charge in [0.2, 0.25) is 0 Å². The lowest BCUT2D eigenvalue weighted by Crippen LogP contribution is -2.39. The first kappa shape index (κ1) is 23.4. The Balaban J connectivity index is 2.65. The maximum absolute atomic E-state index is 14.2. The van der Waals surface area contributed by atoms with Crippen LogP contribution in [0, 0.1) is 5.82 Å². The van der Waals surface area contributed by atoms with E-state index in [1.807, 2.05) is 13.1 Å². The Bertz CT molecular complexity index is 636. The molecule has 5 nitrogen and oxygen atoms in total. The Hall–Kier alpha value is -1.60. The number of benzene rings is 1. The Morgan fingerprint density at radius 3 is 2.41 bits per heavy atom. The normalized spacial score (nSPS) is 12.6. The van der Waals surface area contributed by atoms with Crippen LogP contribution in [-0.4, -0.2) is 31.4 Å². The van der Waals surface area contributed by atoms with E-state index in [-0.39, 0.29) is 17.3 Å². The number of amides is 1. The zero-order chi connectivity index (χ0) is 20.9. The maximum Gasteiger partial charge on any atom is 0.407 e. The van der Waals surface area contributed by atoms with Gasteiger partial charge in [-0.2, -0.15) is 0 Å². The molecule has 1 amide bonds. The van der Waals surface area contributed by atoms with E-state index in [0.29, 0.717) is 18.6 Å². The van der Waals surface area contributed by atoms with Crippen LogP contribution in [0.15, 0.2) is 18.2 Å². The van der Waals surface area contributed by atoms with Crippen molar-refractivity contribution in [1.29, 1.82) is 0 Å². The average molecular weight is 400 g/mol. The third-order valence-electron chi connectivity index (χ3n) is 4.72. The van der Waals surface area contributed by atoms with Gasteiger partial charge in [0.05, 0.1) is 6.61 Å². The van der Waals surface area contributed by atoms with Crippen molar-refractivity contribution in [1.82, 2.24) is 5.32 Å². The minimum Gasteiger partial charge on any atom is -0.490 e. The van der Waals surface area contributed by atoms with E-state index in [9.17, 15) is 14.0 Å². The lowest BCUT2D eigenvalue weighted by molar-refractivity contribution is 0.0523. The summed E-state index contributed by atoms with van der Waals surface area (Å²) < 4.78 is 25.1. The van der Waals surface area contributed by atoms with E-state index in [4.69, 9.17) is 9.47 Å². The van der Waals surface area contributed by atoms with Gasteiger partial charge in [0.1, 0.15) is 5.60 Å². The summed E-state index contributed by atoms with van der Waals surface area (Å²) in [6, 6.07) is 4.63. The lowest BCUT2D eigenvalue weighted by atomic mass is 10.1. The summed E-state index contributed by atoms with van der Waals surface area (Å²) in [5.41, 5.74) is -0.0425. The van der Waals surface area contributed by atoms with Gasteiger partial charge in [-0.3, -0.25) is 0 Å². The molecule has 2 N–H and O–H groups in total. The smallest absolute Gasteiger partial charge is 0.407 e. The molecule has 0 fully saturated rings. The Kier molecular flexibility index (Phi) is 7.86. The monoisotopic (exact) mass is 399 g/mol. The summed E-state index contributed by atoms with van der Waals surface area (Å²) in [5.74, 6) is -0.318. The molecular formula is C20H34FNO4Si. The number of carbonyl (C=O) groups excluding carboxylic acids is 1. The van der Waals surface area contributed by atoms with Crippen molar-refractivity contribution < 1.29 is 23.5 Å². The summed E-state index contributed by atoms with van der Waals surface area (Å²) in [4.78, 5) is 22.1. The van der Waals surface area contributed by atoms with Crippen LogP contribution in [0.4, 0.5) is 9.18 Å². The van der Waals surface area contributed by atoms with Crippen LogP contribution in [0.3, 0.4) is 0 Å².